The number of ether oxygens (including phenoxy) is 1. The molecule has 0 aliphatic rings. The van der Waals surface area contributed by atoms with Crippen molar-refractivity contribution in [3.8, 4) is 5.75 Å². The van der Waals surface area contributed by atoms with Gasteiger partial charge in [0.05, 0.1) is 23.4 Å². The standard InChI is InChI=1S/C14H11F2N3O3S/c1-22-13-5-3-9(19(20)21)7-12(13)18-14(23)17-11-4-2-8(15)6-10(11)16/h2-7H,1H3,(H2,17,18,23). The van der Waals surface area contributed by atoms with Crippen molar-refractivity contribution >= 4 is 34.4 Å². The Balaban J connectivity index is 2.19. The number of halogens is 2. The minimum Gasteiger partial charge on any atom is -0.495 e. The van der Waals surface area contributed by atoms with Crippen LogP contribution < -0.4 is 15.4 Å². The molecule has 0 saturated heterocycles. The van der Waals surface area contributed by atoms with Gasteiger partial charge in [-0.15, -0.1) is 0 Å². The first-order chi connectivity index (χ1) is 10.9. The van der Waals surface area contributed by atoms with Crippen molar-refractivity contribution in [2.24, 2.45) is 0 Å². The number of hydrogen-bond acceptors (Lipinski definition) is 4. The molecule has 2 N–H and O–H groups in total. The van der Waals surface area contributed by atoms with E-state index in [0.29, 0.717) is 11.8 Å². The molecule has 0 fully saturated rings. The number of benzene rings is 2. The van der Waals surface area contributed by atoms with Crippen LogP contribution in [-0.4, -0.2) is 17.1 Å². The van der Waals surface area contributed by atoms with Crippen molar-refractivity contribution in [3.05, 3.63) is 58.1 Å². The van der Waals surface area contributed by atoms with Crippen molar-refractivity contribution in [2.75, 3.05) is 17.7 Å². The zero-order valence-electron chi connectivity index (χ0n) is 11.8. The second-order valence-electron chi connectivity index (χ2n) is 4.34. The summed E-state index contributed by atoms with van der Waals surface area (Å²) in [7, 11) is 1.39. The molecule has 2 rings (SSSR count). The highest BCUT2D eigenvalue weighted by Crippen LogP contribution is 2.29. The Bertz CT molecular complexity index is 771. The summed E-state index contributed by atoms with van der Waals surface area (Å²) in [6.07, 6.45) is 0. The molecule has 0 aliphatic heterocycles. The van der Waals surface area contributed by atoms with Crippen LogP contribution in [0.3, 0.4) is 0 Å². The molecular weight excluding hydrogens is 328 g/mol. The van der Waals surface area contributed by atoms with Crippen LogP contribution in [0.4, 0.5) is 25.8 Å². The Hall–Kier alpha value is -2.81. The van der Waals surface area contributed by atoms with Crippen LogP contribution >= 0.6 is 12.2 Å². The average molecular weight is 339 g/mol. The highest BCUT2D eigenvalue weighted by Gasteiger charge is 2.13. The Morgan fingerprint density at radius 1 is 1.17 bits per heavy atom. The number of nitro groups is 1. The number of methoxy groups -OCH3 is 1. The third-order valence-electron chi connectivity index (χ3n) is 2.82. The lowest BCUT2D eigenvalue weighted by Crippen LogP contribution is -2.20. The Kier molecular flexibility index (Phi) is 5.02. The topological polar surface area (TPSA) is 76.4 Å². The Labute approximate surface area is 135 Å². The number of non-ortho nitro benzene ring substituents is 1. The van der Waals surface area contributed by atoms with Crippen LogP contribution in [0.1, 0.15) is 0 Å². The number of anilines is 2. The van der Waals surface area contributed by atoms with Crippen molar-refractivity contribution in [1.82, 2.24) is 0 Å². The fraction of sp³-hybridized carbons (Fsp3) is 0.0714. The molecule has 0 spiro atoms. The molecular formula is C14H11F2N3O3S. The molecule has 2 aromatic carbocycles. The Morgan fingerprint density at radius 2 is 1.87 bits per heavy atom. The lowest BCUT2D eigenvalue weighted by atomic mass is 10.2. The average Bonchev–Trinajstić information content (AvgIpc) is 2.50. The number of nitrogens with zero attached hydrogens (tertiary/aromatic N) is 1. The predicted octanol–water partition coefficient (Wildman–Crippen LogP) is 3.69. The molecule has 120 valence electrons. The van der Waals surface area contributed by atoms with E-state index < -0.39 is 16.6 Å². The van der Waals surface area contributed by atoms with Gasteiger partial charge in [0.2, 0.25) is 0 Å². The van der Waals surface area contributed by atoms with Gasteiger partial charge in [0.15, 0.2) is 5.11 Å². The summed E-state index contributed by atoms with van der Waals surface area (Å²) >= 11 is 5.02. The fourth-order valence-corrected chi connectivity index (χ4v) is 1.99. The maximum atomic E-state index is 13.6. The van der Waals surface area contributed by atoms with Gasteiger partial charge in [-0.3, -0.25) is 10.1 Å². The van der Waals surface area contributed by atoms with Gasteiger partial charge in [-0.25, -0.2) is 8.78 Å². The van der Waals surface area contributed by atoms with Crippen LogP contribution in [0.5, 0.6) is 5.75 Å². The summed E-state index contributed by atoms with van der Waals surface area (Å²) in [4.78, 5) is 10.2. The van der Waals surface area contributed by atoms with Crippen molar-refractivity contribution in [3.63, 3.8) is 0 Å². The van der Waals surface area contributed by atoms with E-state index in [1.807, 2.05) is 0 Å². The van der Waals surface area contributed by atoms with Gasteiger partial charge in [-0.1, -0.05) is 0 Å². The minimum atomic E-state index is -0.819. The summed E-state index contributed by atoms with van der Waals surface area (Å²) in [5, 5.41) is 16.0. The zero-order chi connectivity index (χ0) is 17.0. The quantitative estimate of drug-likeness (QED) is 0.503. The predicted molar refractivity (Wildman–Crippen MR) is 85.8 cm³/mol. The second-order valence-corrected chi connectivity index (χ2v) is 4.75. The monoisotopic (exact) mass is 339 g/mol. The van der Waals surface area contributed by atoms with E-state index in [4.69, 9.17) is 17.0 Å². The first-order valence-corrected chi connectivity index (χ1v) is 6.67. The summed E-state index contributed by atoms with van der Waals surface area (Å²) in [6.45, 7) is 0. The summed E-state index contributed by atoms with van der Waals surface area (Å²) in [5.41, 5.74) is 0.0408. The SMILES string of the molecule is COc1ccc([N+](=O)[O-])cc1NC(=S)Nc1ccc(F)cc1F. The molecule has 0 heterocycles. The lowest BCUT2D eigenvalue weighted by molar-refractivity contribution is -0.384. The summed E-state index contributed by atoms with van der Waals surface area (Å²) < 4.78 is 31.5. The number of thiocarbonyl (C=S) groups is 1. The number of nitrogens with one attached hydrogen (secondary N) is 2. The molecule has 0 unspecified atom stereocenters. The highest BCUT2D eigenvalue weighted by atomic mass is 32.1. The van der Waals surface area contributed by atoms with Gasteiger partial charge in [-0.2, -0.15) is 0 Å². The fourth-order valence-electron chi connectivity index (χ4n) is 1.77. The normalized spacial score (nSPS) is 10.0. The molecule has 0 saturated carbocycles. The molecule has 0 bridgehead atoms. The second kappa shape index (κ2) is 6.97. The molecule has 2 aromatic rings. The lowest BCUT2D eigenvalue weighted by Gasteiger charge is -2.13. The van der Waals surface area contributed by atoms with Crippen LogP contribution in [-0.2, 0) is 0 Å². The van der Waals surface area contributed by atoms with Gasteiger partial charge in [-0.05, 0) is 30.4 Å². The van der Waals surface area contributed by atoms with Crippen molar-refractivity contribution < 1.29 is 18.4 Å². The van der Waals surface area contributed by atoms with E-state index >= 15 is 0 Å². The van der Waals surface area contributed by atoms with Crippen LogP contribution in [0.2, 0.25) is 0 Å². The molecule has 0 atom stereocenters. The van der Waals surface area contributed by atoms with Gasteiger partial charge in [0.1, 0.15) is 17.4 Å². The number of rotatable bonds is 4. The maximum absolute atomic E-state index is 13.6. The van der Waals surface area contributed by atoms with Crippen molar-refractivity contribution in [1.29, 1.82) is 0 Å². The molecule has 0 radical (unpaired) electrons. The Morgan fingerprint density at radius 3 is 2.48 bits per heavy atom. The van der Waals surface area contributed by atoms with Crippen LogP contribution in [0.25, 0.3) is 0 Å². The van der Waals surface area contributed by atoms with Gasteiger partial charge in [0, 0.05) is 18.2 Å². The number of nitro benzene ring substituents is 1. The van der Waals surface area contributed by atoms with E-state index in [1.54, 1.807) is 0 Å². The molecule has 9 heteroatoms. The first-order valence-electron chi connectivity index (χ1n) is 6.26. The third-order valence-corrected chi connectivity index (χ3v) is 3.03. The van der Waals surface area contributed by atoms with Crippen LogP contribution in [0, 0.1) is 21.7 Å². The molecule has 6 nitrogen and oxygen atoms in total. The smallest absolute Gasteiger partial charge is 0.271 e. The van der Waals surface area contributed by atoms with E-state index in [1.165, 1.54) is 31.4 Å². The number of hydrogen-bond donors (Lipinski definition) is 2. The van der Waals surface area contributed by atoms with E-state index in [2.05, 4.69) is 10.6 Å². The summed E-state index contributed by atoms with van der Waals surface area (Å²) in [6, 6.07) is 6.87. The highest BCUT2D eigenvalue weighted by molar-refractivity contribution is 7.80. The molecule has 0 aliphatic carbocycles. The van der Waals surface area contributed by atoms with E-state index in [0.717, 1.165) is 6.07 Å². The van der Waals surface area contributed by atoms with Gasteiger partial charge in [0.25, 0.3) is 5.69 Å². The largest absolute Gasteiger partial charge is 0.495 e. The zero-order valence-corrected chi connectivity index (χ0v) is 12.6. The van der Waals surface area contributed by atoms with E-state index in [9.17, 15) is 18.9 Å². The molecule has 0 amide bonds. The van der Waals surface area contributed by atoms with Gasteiger partial charge < -0.3 is 15.4 Å². The van der Waals surface area contributed by atoms with Gasteiger partial charge >= 0.3 is 0 Å². The van der Waals surface area contributed by atoms with Crippen LogP contribution in [0.15, 0.2) is 36.4 Å². The summed E-state index contributed by atoms with van der Waals surface area (Å²) in [5.74, 6) is -1.22. The third kappa shape index (κ3) is 4.10. The maximum Gasteiger partial charge on any atom is 0.271 e. The first kappa shape index (κ1) is 16.6. The van der Waals surface area contributed by atoms with Crippen molar-refractivity contribution in [2.45, 2.75) is 0 Å². The minimum absolute atomic E-state index is 0.0330. The van der Waals surface area contributed by atoms with E-state index in [-0.39, 0.29) is 22.2 Å². The molecule has 0 aromatic heterocycles. The molecule has 23 heavy (non-hydrogen) atoms.